The third kappa shape index (κ3) is 3.98. The van der Waals surface area contributed by atoms with Crippen LogP contribution in [-0.4, -0.2) is 30.6 Å². The minimum absolute atomic E-state index is 0.0895. The molecule has 0 aliphatic heterocycles. The van der Waals surface area contributed by atoms with Crippen LogP contribution in [0.25, 0.3) is 0 Å². The number of aromatic hydroxyl groups is 1. The molecule has 0 aromatic heterocycles. The van der Waals surface area contributed by atoms with Crippen molar-refractivity contribution in [3.05, 3.63) is 24.8 Å². The van der Waals surface area contributed by atoms with Gasteiger partial charge in [0.05, 0.1) is 16.2 Å². The fourth-order valence-corrected chi connectivity index (χ4v) is 2.90. The van der Waals surface area contributed by atoms with Gasteiger partial charge in [0.1, 0.15) is 12.3 Å². The number of ether oxygens (including phenoxy) is 1. The van der Waals surface area contributed by atoms with Gasteiger partial charge in [-0.1, -0.05) is 0 Å². The third-order valence-corrected chi connectivity index (χ3v) is 3.34. The Hall–Kier alpha value is -0.580. The number of amides is 1. The lowest BCUT2D eigenvalue weighted by Gasteiger charge is -2.07. The second kappa shape index (κ2) is 6.38. The standard InChI is InChI=1S/C10H9I2NO4/c1-17-8(14)4-13-10(16)6-2-5(11)3-7(12)9(6)15/h2-3,15H,4H2,1H3,(H,13,16). The molecule has 1 aromatic carbocycles. The first-order valence-electron chi connectivity index (χ1n) is 4.48. The van der Waals surface area contributed by atoms with E-state index in [0.29, 0.717) is 3.57 Å². The number of carbonyl (C=O) groups excluding carboxylic acids is 2. The molecule has 1 amide bonds. The molecule has 0 aliphatic carbocycles. The first kappa shape index (κ1) is 14.5. The van der Waals surface area contributed by atoms with Crippen molar-refractivity contribution in [2.24, 2.45) is 0 Å². The van der Waals surface area contributed by atoms with Crippen LogP contribution in [0.4, 0.5) is 0 Å². The zero-order valence-electron chi connectivity index (χ0n) is 8.79. The Bertz CT molecular complexity index is 462. The minimum Gasteiger partial charge on any atom is -0.506 e. The number of phenolic OH excluding ortho intramolecular Hbond substituents is 1. The van der Waals surface area contributed by atoms with E-state index >= 15 is 0 Å². The van der Waals surface area contributed by atoms with E-state index in [2.05, 4.69) is 10.1 Å². The van der Waals surface area contributed by atoms with Crippen molar-refractivity contribution in [3.63, 3.8) is 0 Å². The maximum Gasteiger partial charge on any atom is 0.325 e. The van der Waals surface area contributed by atoms with E-state index in [1.54, 1.807) is 12.1 Å². The smallest absolute Gasteiger partial charge is 0.325 e. The van der Waals surface area contributed by atoms with Crippen molar-refractivity contribution in [2.75, 3.05) is 13.7 Å². The molecule has 0 saturated heterocycles. The van der Waals surface area contributed by atoms with Gasteiger partial charge in [-0.2, -0.15) is 0 Å². The summed E-state index contributed by atoms with van der Waals surface area (Å²) in [5.74, 6) is -1.14. The summed E-state index contributed by atoms with van der Waals surface area (Å²) in [6.07, 6.45) is 0. The molecule has 92 valence electrons. The zero-order chi connectivity index (χ0) is 13.0. The van der Waals surface area contributed by atoms with Gasteiger partial charge in [-0.05, 0) is 57.3 Å². The molecule has 0 radical (unpaired) electrons. The van der Waals surface area contributed by atoms with Crippen LogP contribution in [-0.2, 0) is 9.53 Å². The van der Waals surface area contributed by atoms with E-state index in [4.69, 9.17) is 0 Å². The van der Waals surface area contributed by atoms with Crippen molar-refractivity contribution < 1.29 is 19.4 Å². The number of hydrogen-bond donors (Lipinski definition) is 2. The summed E-state index contributed by atoms with van der Waals surface area (Å²) in [4.78, 5) is 22.6. The Labute approximate surface area is 125 Å². The average Bonchev–Trinajstić information content (AvgIpc) is 2.30. The average molecular weight is 461 g/mol. The maximum absolute atomic E-state index is 11.7. The van der Waals surface area contributed by atoms with Crippen LogP contribution in [0, 0.1) is 7.14 Å². The number of rotatable bonds is 3. The second-order valence-corrected chi connectivity index (χ2v) is 5.45. The molecule has 0 aliphatic rings. The zero-order valence-corrected chi connectivity index (χ0v) is 13.1. The molecule has 0 saturated carbocycles. The largest absolute Gasteiger partial charge is 0.506 e. The number of carbonyl (C=O) groups is 2. The predicted octanol–water partition coefficient (Wildman–Crippen LogP) is 1.50. The van der Waals surface area contributed by atoms with E-state index in [9.17, 15) is 14.7 Å². The summed E-state index contributed by atoms with van der Waals surface area (Å²) in [6.45, 7) is -0.225. The molecule has 1 aromatic rings. The van der Waals surface area contributed by atoms with Crippen molar-refractivity contribution in [1.82, 2.24) is 5.32 Å². The van der Waals surface area contributed by atoms with Gasteiger partial charge in [0.2, 0.25) is 0 Å². The number of methoxy groups -OCH3 is 1. The third-order valence-electron chi connectivity index (χ3n) is 1.89. The normalized spacial score (nSPS) is 9.82. The van der Waals surface area contributed by atoms with Crippen LogP contribution in [0.1, 0.15) is 10.4 Å². The topological polar surface area (TPSA) is 75.6 Å². The lowest BCUT2D eigenvalue weighted by Crippen LogP contribution is -2.30. The molecule has 0 heterocycles. The summed E-state index contributed by atoms with van der Waals surface area (Å²) in [5, 5.41) is 12.1. The summed E-state index contributed by atoms with van der Waals surface area (Å²) in [7, 11) is 1.24. The lowest BCUT2D eigenvalue weighted by molar-refractivity contribution is -0.139. The Kier molecular flexibility index (Phi) is 5.43. The van der Waals surface area contributed by atoms with Gasteiger partial charge in [-0.3, -0.25) is 9.59 Å². The molecule has 5 nitrogen and oxygen atoms in total. The summed E-state index contributed by atoms with van der Waals surface area (Å²) >= 11 is 3.97. The number of phenols is 1. The molecule has 1 rings (SSSR count). The Morgan fingerprint density at radius 2 is 2.06 bits per heavy atom. The first-order valence-corrected chi connectivity index (χ1v) is 6.64. The molecule has 7 heteroatoms. The van der Waals surface area contributed by atoms with Gasteiger partial charge < -0.3 is 15.2 Å². The number of benzene rings is 1. The Morgan fingerprint density at radius 1 is 1.41 bits per heavy atom. The highest BCUT2D eigenvalue weighted by atomic mass is 127. The molecule has 0 spiro atoms. The molecule has 0 fully saturated rings. The Balaban J connectivity index is 2.86. The van der Waals surface area contributed by atoms with Crippen LogP contribution in [0.5, 0.6) is 5.75 Å². The summed E-state index contributed by atoms with van der Waals surface area (Å²) in [5.41, 5.74) is 0.144. The van der Waals surface area contributed by atoms with Crippen molar-refractivity contribution in [3.8, 4) is 5.75 Å². The van der Waals surface area contributed by atoms with Crippen LogP contribution in [0.15, 0.2) is 12.1 Å². The van der Waals surface area contributed by atoms with Crippen LogP contribution in [0.2, 0.25) is 0 Å². The summed E-state index contributed by atoms with van der Waals surface area (Å²) in [6, 6.07) is 3.29. The van der Waals surface area contributed by atoms with E-state index in [-0.39, 0.29) is 17.9 Å². The van der Waals surface area contributed by atoms with Crippen LogP contribution >= 0.6 is 45.2 Å². The molecule has 2 N–H and O–H groups in total. The maximum atomic E-state index is 11.7. The van der Waals surface area contributed by atoms with Gasteiger partial charge in [-0.25, -0.2) is 0 Å². The number of hydrogen-bond acceptors (Lipinski definition) is 4. The molecular formula is C10H9I2NO4. The van der Waals surface area contributed by atoms with Gasteiger partial charge >= 0.3 is 5.97 Å². The van der Waals surface area contributed by atoms with Gasteiger partial charge in [0.25, 0.3) is 5.91 Å². The molecule has 17 heavy (non-hydrogen) atoms. The fraction of sp³-hybridized carbons (Fsp3) is 0.200. The highest BCUT2D eigenvalue weighted by Crippen LogP contribution is 2.26. The highest BCUT2D eigenvalue weighted by Gasteiger charge is 2.15. The monoisotopic (exact) mass is 461 g/mol. The predicted molar refractivity (Wildman–Crippen MR) is 77.9 cm³/mol. The summed E-state index contributed by atoms with van der Waals surface area (Å²) < 4.78 is 5.80. The first-order chi connectivity index (χ1) is 7.95. The quantitative estimate of drug-likeness (QED) is 0.529. The van der Waals surface area contributed by atoms with Gasteiger partial charge in [-0.15, -0.1) is 0 Å². The van der Waals surface area contributed by atoms with E-state index in [1.165, 1.54) is 7.11 Å². The fourth-order valence-electron chi connectivity index (χ4n) is 1.06. The van der Waals surface area contributed by atoms with E-state index < -0.39 is 11.9 Å². The van der Waals surface area contributed by atoms with Crippen molar-refractivity contribution in [1.29, 1.82) is 0 Å². The molecule has 0 atom stereocenters. The number of halogens is 2. The van der Waals surface area contributed by atoms with Crippen molar-refractivity contribution in [2.45, 2.75) is 0 Å². The SMILES string of the molecule is COC(=O)CNC(=O)c1cc(I)cc(I)c1O. The lowest BCUT2D eigenvalue weighted by atomic mass is 10.2. The van der Waals surface area contributed by atoms with E-state index in [0.717, 1.165) is 3.57 Å². The molecule has 0 unspecified atom stereocenters. The minimum atomic E-state index is -0.543. The molecule has 0 bridgehead atoms. The van der Waals surface area contributed by atoms with E-state index in [1.807, 2.05) is 45.2 Å². The van der Waals surface area contributed by atoms with Gasteiger partial charge in [0.15, 0.2) is 0 Å². The second-order valence-electron chi connectivity index (χ2n) is 3.04. The number of nitrogens with one attached hydrogen (secondary N) is 1. The van der Waals surface area contributed by atoms with Gasteiger partial charge in [0, 0.05) is 3.57 Å². The highest BCUT2D eigenvalue weighted by molar-refractivity contribution is 14.1. The number of esters is 1. The Morgan fingerprint density at radius 3 is 2.65 bits per heavy atom. The van der Waals surface area contributed by atoms with Crippen molar-refractivity contribution >= 4 is 57.1 Å². The van der Waals surface area contributed by atoms with Crippen LogP contribution in [0.3, 0.4) is 0 Å². The molecular weight excluding hydrogens is 452 g/mol. The van der Waals surface area contributed by atoms with Crippen LogP contribution < -0.4 is 5.32 Å².